The van der Waals surface area contributed by atoms with Gasteiger partial charge in [0.2, 0.25) is 5.91 Å². The van der Waals surface area contributed by atoms with Crippen molar-refractivity contribution in [2.24, 2.45) is 12.5 Å². The van der Waals surface area contributed by atoms with Gasteiger partial charge in [0.05, 0.1) is 7.11 Å². The zero-order chi connectivity index (χ0) is 22.0. The Labute approximate surface area is 185 Å². The van der Waals surface area contributed by atoms with Gasteiger partial charge in [-0.1, -0.05) is 18.2 Å². The predicted octanol–water partition coefficient (Wildman–Crippen LogP) is 2.87. The van der Waals surface area contributed by atoms with Gasteiger partial charge >= 0.3 is 0 Å². The van der Waals surface area contributed by atoms with E-state index in [0.29, 0.717) is 24.8 Å². The molecule has 3 heterocycles. The highest BCUT2D eigenvalue weighted by Crippen LogP contribution is 2.49. The number of ether oxygens (including phenoxy) is 1. The summed E-state index contributed by atoms with van der Waals surface area (Å²) >= 11 is 0. The number of carbonyl (C=O) groups is 1. The quantitative estimate of drug-likeness (QED) is 0.712. The van der Waals surface area contributed by atoms with E-state index in [1.54, 1.807) is 13.4 Å². The van der Waals surface area contributed by atoms with Crippen LogP contribution in [0.2, 0.25) is 0 Å². The monoisotopic (exact) mass is 425 g/mol. The number of amides is 1. The van der Waals surface area contributed by atoms with E-state index in [-0.39, 0.29) is 11.3 Å². The first kappa shape index (κ1) is 21.8. The molecular formula is C24H35N5O2. The molecule has 2 fully saturated rings. The molecule has 0 aliphatic carbocycles. The minimum atomic E-state index is 0.171. The molecule has 1 aromatic carbocycles. The molecular weight excluding hydrogens is 390 g/mol. The van der Waals surface area contributed by atoms with Gasteiger partial charge in [-0.15, -0.1) is 10.2 Å². The van der Waals surface area contributed by atoms with E-state index in [1.165, 1.54) is 0 Å². The van der Waals surface area contributed by atoms with Crippen molar-refractivity contribution in [2.45, 2.75) is 51.5 Å². The Bertz CT molecular complexity index is 901. The average molecular weight is 426 g/mol. The molecule has 0 saturated carbocycles. The van der Waals surface area contributed by atoms with Crippen LogP contribution in [0.3, 0.4) is 0 Å². The van der Waals surface area contributed by atoms with Gasteiger partial charge in [-0.05, 0) is 50.2 Å². The Hall–Kier alpha value is -2.41. The van der Waals surface area contributed by atoms with Crippen LogP contribution in [0.1, 0.15) is 50.4 Å². The maximum absolute atomic E-state index is 13.0. The zero-order valence-corrected chi connectivity index (χ0v) is 19.3. The van der Waals surface area contributed by atoms with E-state index in [4.69, 9.17) is 4.74 Å². The van der Waals surface area contributed by atoms with E-state index in [0.717, 1.165) is 56.2 Å². The van der Waals surface area contributed by atoms with Gasteiger partial charge in [-0.25, -0.2) is 0 Å². The second kappa shape index (κ2) is 8.99. The van der Waals surface area contributed by atoms with Crippen LogP contribution in [0.15, 0.2) is 30.6 Å². The molecule has 1 aromatic heterocycles. The van der Waals surface area contributed by atoms with Crippen LogP contribution in [0.25, 0.3) is 0 Å². The van der Waals surface area contributed by atoms with Gasteiger partial charge in [-0.2, -0.15) is 0 Å². The summed E-state index contributed by atoms with van der Waals surface area (Å²) in [5.74, 6) is 2.56. The number of piperidine rings is 1. The third-order valence-corrected chi connectivity index (χ3v) is 7.38. The second-order valence-electron chi connectivity index (χ2n) is 9.43. The van der Waals surface area contributed by atoms with E-state index in [9.17, 15) is 4.79 Å². The third kappa shape index (κ3) is 4.33. The molecule has 0 bridgehead atoms. The van der Waals surface area contributed by atoms with E-state index in [2.05, 4.69) is 38.4 Å². The van der Waals surface area contributed by atoms with Crippen molar-refractivity contribution in [3.63, 3.8) is 0 Å². The second-order valence-corrected chi connectivity index (χ2v) is 9.43. The number of benzene rings is 1. The number of hydrogen-bond donors (Lipinski definition) is 0. The summed E-state index contributed by atoms with van der Waals surface area (Å²) in [6.45, 7) is 8.28. The lowest BCUT2D eigenvalue weighted by Crippen LogP contribution is -2.46. The average Bonchev–Trinajstić information content (AvgIpc) is 3.36. The maximum atomic E-state index is 13.0. The van der Waals surface area contributed by atoms with Crippen molar-refractivity contribution in [1.82, 2.24) is 24.6 Å². The lowest BCUT2D eigenvalue weighted by atomic mass is 9.70. The topological polar surface area (TPSA) is 63.5 Å². The number of nitrogens with zero attached hydrogens (tertiary/aromatic N) is 5. The molecule has 1 atom stereocenters. The molecule has 168 valence electrons. The van der Waals surface area contributed by atoms with Crippen LogP contribution in [-0.2, 0) is 18.3 Å². The number of rotatable bonds is 6. The van der Waals surface area contributed by atoms with E-state index >= 15 is 0 Å². The molecule has 7 nitrogen and oxygen atoms in total. The normalized spacial score (nSPS) is 21.2. The van der Waals surface area contributed by atoms with Gasteiger partial charge in [0.15, 0.2) is 0 Å². The summed E-state index contributed by atoms with van der Waals surface area (Å²) in [7, 11) is 3.72. The first-order chi connectivity index (χ1) is 14.9. The van der Waals surface area contributed by atoms with Crippen molar-refractivity contribution in [2.75, 3.05) is 33.3 Å². The highest BCUT2D eigenvalue weighted by atomic mass is 16.5. The molecule has 2 aliphatic rings. The molecule has 0 N–H and O–H groups in total. The molecule has 2 aromatic rings. The number of likely N-dealkylation sites (tertiary alicyclic amines) is 2. The molecule has 2 saturated heterocycles. The molecule has 2 aliphatic heterocycles. The first-order valence-corrected chi connectivity index (χ1v) is 11.4. The molecule has 0 radical (unpaired) electrons. The Balaban J connectivity index is 1.41. The van der Waals surface area contributed by atoms with Crippen LogP contribution >= 0.6 is 0 Å². The van der Waals surface area contributed by atoms with E-state index < -0.39 is 0 Å². The standard InChI is InChI=1S/C24H35N5O2/c1-18(2)29-15-20(23-26-25-17-27(23)3)24(16-29)11-13-28(14-12-24)22(30)10-9-19-7-5-6-8-21(19)31-4/h5-8,17-18,20H,9-16H2,1-4H3. The number of methoxy groups -OCH3 is 1. The minimum Gasteiger partial charge on any atom is -0.496 e. The van der Waals surface area contributed by atoms with Crippen molar-refractivity contribution >= 4 is 5.91 Å². The largest absolute Gasteiger partial charge is 0.496 e. The molecule has 1 spiro atoms. The lowest BCUT2D eigenvalue weighted by Gasteiger charge is -2.42. The van der Waals surface area contributed by atoms with Crippen LogP contribution in [0.4, 0.5) is 0 Å². The van der Waals surface area contributed by atoms with E-state index in [1.807, 2.05) is 31.3 Å². The highest BCUT2D eigenvalue weighted by molar-refractivity contribution is 5.76. The van der Waals surface area contributed by atoms with Crippen LogP contribution in [-0.4, -0.2) is 69.8 Å². The number of para-hydroxylation sites is 1. The third-order valence-electron chi connectivity index (χ3n) is 7.38. The molecule has 7 heteroatoms. The van der Waals surface area contributed by atoms with Crippen molar-refractivity contribution in [3.05, 3.63) is 42.0 Å². The Kier molecular flexibility index (Phi) is 6.32. The highest BCUT2D eigenvalue weighted by Gasteiger charge is 2.51. The summed E-state index contributed by atoms with van der Waals surface area (Å²) in [5, 5.41) is 8.61. The summed E-state index contributed by atoms with van der Waals surface area (Å²) in [4.78, 5) is 17.6. The maximum Gasteiger partial charge on any atom is 0.222 e. The minimum absolute atomic E-state index is 0.171. The fourth-order valence-corrected chi connectivity index (χ4v) is 5.38. The summed E-state index contributed by atoms with van der Waals surface area (Å²) in [5.41, 5.74) is 1.27. The summed E-state index contributed by atoms with van der Waals surface area (Å²) in [6.07, 6.45) is 5.09. The van der Waals surface area contributed by atoms with Crippen molar-refractivity contribution in [1.29, 1.82) is 0 Å². The van der Waals surface area contributed by atoms with Gasteiger partial charge in [-0.3, -0.25) is 9.69 Å². The molecule has 1 amide bonds. The SMILES string of the molecule is COc1ccccc1CCC(=O)N1CCC2(CC1)CN(C(C)C)CC2c1nncn1C. The van der Waals surface area contributed by atoms with Crippen molar-refractivity contribution < 1.29 is 9.53 Å². The molecule has 4 rings (SSSR count). The van der Waals surface area contributed by atoms with Crippen LogP contribution in [0.5, 0.6) is 5.75 Å². The Morgan fingerprint density at radius 2 is 2.00 bits per heavy atom. The van der Waals surface area contributed by atoms with Gasteiger partial charge in [0.1, 0.15) is 17.9 Å². The first-order valence-electron chi connectivity index (χ1n) is 11.4. The number of carbonyl (C=O) groups excluding carboxylic acids is 1. The molecule has 31 heavy (non-hydrogen) atoms. The molecule has 1 unspecified atom stereocenters. The zero-order valence-electron chi connectivity index (χ0n) is 19.3. The number of hydrogen-bond acceptors (Lipinski definition) is 5. The van der Waals surface area contributed by atoms with Gasteiger partial charge in [0.25, 0.3) is 0 Å². The van der Waals surface area contributed by atoms with Crippen molar-refractivity contribution in [3.8, 4) is 5.75 Å². The van der Waals surface area contributed by atoms with Crippen LogP contribution in [0, 0.1) is 5.41 Å². The van der Waals surface area contributed by atoms with Crippen LogP contribution < -0.4 is 4.74 Å². The summed E-state index contributed by atoms with van der Waals surface area (Å²) < 4.78 is 7.50. The fraction of sp³-hybridized carbons (Fsp3) is 0.625. The number of aryl methyl sites for hydroxylation is 2. The van der Waals surface area contributed by atoms with Gasteiger partial charge < -0.3 is 14.2 Å². The van der Waals surface area contributed by atoms with Gasteiger partial charge in [0, 0.05) is 51.6 Å². The predicted molar refractivity (Wildman–Crippen MR) is 120 cm³/mol. The lowest BCUT2D eigenvalue weighted by molar-refractivity contribution is -0.133. The number of aromatic nitrogens is 3. The Morgan fingerprint density at radius 3 is 2.65 bits per heavy atom. The summed E-state index contributed by atoms with van der Waals surface area (Å²) in [6, 6.07) is 8.47. The smallest absolute Gasteiger partial charge is 0.222 e. The Morgan fingerprint density at radius 1 is 1.26 bits per heavy atom. The fourth-order valence-electron chi connectivity index (χ4n) is 5.38.